The van der Waals surface area contributed by atoms with Gasteiger partial charge in [0.25, 0.3) is 0 Å². The van der Waals surface area contributed by atoms with E-state index in [4.69, 9.17) is 4.74 Å². The van der Waals surface area contributed by atoms with E-state index in [0.717, 1.165) is 36.7 Å². The maximum atomic E-state index is 5.90. The summed E-state index contributed by atoms with van der Waals surface area (Å²) >= 11 is 0. The SMILES string of the molecule is CCNC(=NCc1ncccc1C)NCCCOC(C)c1ccccc1.I. The number of hydrogen-bond acceptors (Lipinski definition) is 3. The fourth-order valence-corrected chi connectivity index (χ4v) is 2.54. The van der Waals surface area contributed by atoms with Crippen LogP contribution in [0.3, 0.4) is 0 Å². The molecule has 0 saturated carbocycles. The van der Waals surface area contributed by atoms with Crippen LogP contribution in [0.5, 0.6) is 0 Å². The van der Waals surface area contributed by atoms with Crippen LogP contribution in [-0.4, -0.2) is 30.6 Å². The number of ether oxygens (including phenoxy) is 1. The first kappa shape index (κ1) is 23.4. The summed E-state index contributed by atoms with van der Waals surface area (Å²) in [6, 6.07) is 14.3. The Morgan fingerprint density at radius 1 is 1.15 bits per heavy atom. The van der Waals surface area contributed by atoms with Crippen LogP contribution in [-0.2, 0) is 11.3 Å². The van der Waals surface area contributed by atoms with E-state index in [9.17, 15) is 0 Å². The summed E-state index contributed by atoms with van der Waals surface area (Å²) in [4.78, 5) is 9.00. The van der Waals surface area contributed by atoms with Crippen LogP contribution in [0.2, 0.25) is 0 Å². The Morgan fingerprint density at radius 2 is 1.93 bits per heavy atom. The highest BCUT2D eigenvalue weighted by Crippen LogP contribution is 2.15. The van der Waals surface area contributed by atoms with Crippen molar-refractivity contribution in [2.45, 2.75) is 39.8 Å². The van der Waals surface area contributed by atoms with Crippen molar-refractivity contribution < 1.29 is 4.74 Å². The molecule has 2 rings (SSSR count). The second-order valence-corrected chi connectivity index (χ2v) is 6.17. The maximum absolute atomic E-state index is 5.90. The Labute approximate surface area is 180 Å². The molecule has 0 amide bonds. The van der Waals surface area contributed by atoms with E-state index >= 15 is 0 Å². The fourth-order valence-electron chi connectivity index (χ4n) is 2.54. The molecule has 0 saturated heterocycles. The van der Waals surface area contributed by atoms with Gasteiger partial charge in [-0.25, -0.2) is 4.99 Å². The van der Waals surface area contributed by atoms with Crippen LogP contribution >= 0.6 is 24.0 Å². The standard InChI is InChI=1S/C21H30N4O.HI/c1-4-22-21(25-16-20-17(2)10-8-13-23-20)24-14-9-15-26-18(3)19-11-6-5-7-12-19;/h5-8,10-13,18H,4,9,14-16H2,1-3H3,(H2,22,24,25);1H. The Bertz CT molecular complexity index is 679. The number of guanidine groups is 1. The Kier molecular flexibility index (Phi) is 11.7. The second kappa shape index (κ2) is 13.5. The van der Waals surface area contributed by atoms with Crippen molar-refractivity contribution in [3.63, 3.8) is 0 Å². The third-order valence-corrected chi connectivity index (χ3v) is 4.10. The third kappa shape index (κ3) is 8.71. The number of hydrogen-bond donors (Lipinski definition) is 2. The zero-order valence-electron chi connectivity index (χ0n) is 16.4. The quantitative estimate of drug-likeness (QED) is 0.243. The highest BCUT2D eigenvalue weighted by Gasteiger charge is 2.04. The Hall–Kier alpha value is -1.67. The second-order valence-electron chi connectivity index (χ2n) is 6.17. The molecule has 0 fully saturated rings. The summed E-state index contributed by atoms with van der Waals surface area (Å²) in [5, 5.41) is 6.62. The first-order valence-electron chi connectivity index (χ1n) is 9.30. The van der Waals surface area contributed by atoms with Gasteiger partial charge in [0.15, 0.2) is 5.96 Å². The van der Waals surface area contributed by atoms with Gasteiger partial charge in [-0.15, -0.1) is 24.0 Å². The topological polar surface area (TPSA) is 58.5 Å². The van der Waals surface area contributed by atoms with Crippen molar-refractivity contribution in [1.82, 2.24) is 15.6 Å². The molecular weight excluding hydrogens is 451 g/mol. The van der Waals surface area contributed by atoms with Gasteiger partial charge in [-0.05, 0) is 44.4 Å². The molecule has 0 radical (unpaired) electrons. The predicted octanol–water partition coefficient (Wildman–Crippen LogP) is 4.23. The maximum Gasteiger partial charge on any atom is 0.191 e. The molecule has 1 atom stereocenters. The molecule has 5 nitrogen and oxygen atoms in total. The van der Waals surface area contributed by atoms with Gasteiger partial charge >= 0.3 is 0 Å². The summed E-state index contributed by atoms with van der Waals surface area (Å²) < 4.78 is 5.90. The highest BCUT2D eigenvalue weighted by molar-refractivity contribution is 14.0. The summed E-state index contributed by atoms with van der Waals surface area (Å²) in [5.41, 5.74) is 3.38. The van der Waals surface area contributed by atoms with Gasteiger partial charge in [-0.1, -0.05) is 36.4 Å². The van der Waals surface area contributed by atoms with Crippen molar-refractivity contribution in [2.75, 3.05) is 19.7 Å². The number of rotatable bonds is 9. The molecule has 1 aromatic carbocycles. The number of nitrogens with one attached hydrogen (secondary N) is 2. The molecule has 0 spiro atoms. The molecular formula is C21H31IN4O. The molecule has 148 valence electrons. The summed E-state index contributed by atoms with van der Waals surface area (Å²) in [7, 11) is 0. The first-order valence-corrected chi connectivity index (χ1v) is 9.30. The number of aryl methyl sites for hydroxylation is 1. The molecule has 1 unspecified atom stereocenters. The number of nitrogens with zero attached hydrogens (tertiary/aromatic N) is 2. The molecule has 0 aliphatic rings. The monoisotopic (exact) mass is 482 g/mol. The van der Waals surface area contributed by atoms with E-state index in [1.54, 1.807) is 0 Å². The van der Waals surface area contributed by atoms with Gasteiger partial charge in [0, 0.05) is 25.9 Å². The molecule has 2 N–H and O–H groups in total. The lowest BCUT2D eigenvalue weighted by Crippen LogP contribution is -2.38. The summed E-state index contributed by atoms with van der Waals surface area (Å²) in [6.45, 7) is 9.13. The van der Waals surface area contributed by atoms with Gasteiger partial charge in [0.2, 0.25) is 0 Å². The normalized spacial score (nSPS) is 12.2. The summed E-state index contributed by atoms with van der Waals surface area (Å²) in [5.74, 6) is 0.814. The van der Waals surface area contributed by atoms with Gasteiger partial charge in [0.1, 0.15) is 0 Å². The average Bonchev–Trinajstić information content (AvgIpc) is 2.67. The zero-order valence-corrected chi connectivity index (χ0v) is 18.8. The minimum atomic E-state index is 0. The van der Waals surface area contributed by atoms with Crippen LogP contribution in [0.15, 0.2) is 53.7 Å². The number of aromatic nitrogens is 1. The number of pyridine rings is 1. The van der Waals surface area contributed by atoms with E-state index < -0.39 is 0 Å². The van der Waals surface area contributed by atoms with Gasteiger partial charge in [-0.3, -0.25) is 4.98 Å². The summed E-state index contributed by atoms with van der Waals surface area (Å²) in [6.07, 6.45) is 2.85. The minimum Gasteiger partial charge on any atom is -0.374 e. The lowest BCUT2D eigenvalue weighted by atomic mass is 10.1. The van der Waals surface area contributed by atoms with Crippen molar-refractivity contribution in [1.29, 1.82) is 0 Å². The van der Waals surface area contributed by atoms with Crippen LogP contribution in [0.4, 0.5) is 0 Å². The van der Waals surface area contributed by atoms with Crippen molar-refractivity contribution in [2.24, 2.45) is 4.99 Å². The number of aliphatic imine (C=N–C) groups is 1. The highest BCUT2D eigenvalue weighted by atomic mass is 127. The van der Waals surface area contributed by atoms with Crippen LogP contribution in [0.25, 0.3) is 0 Å². The first-order chi connectivity index (χ1) is 12.7. The van der Waals surface area contributed by atoms with Crippen molar-refractivity contribution >= 4 is 29.9 Å². The molecule has 0 aliphatic carbocycles. The minimum absolute atomic E-state index is 0. The average molecular weight is 482 g/mol. The van der Waals surface area contributed by atoms with Gasteiger partial charge in [0.05, 0.1) is 18.3 Å². The largest absolute Gasteiger partial charge is 0.374 e. The van der Waals surface area contributed by atoms with Crippen molar-refractivity contribution in [3.8, 4) is 0 Å². The van der Waals surface area contributed by atoms with Crippen LogP contribution in [0.1, 0.15) is 43.2 Å². The molecule has 0 bridgehead atoms. The van der Waals surface area contributed by atoms with E-state index in [-0.39, 0.29) is 30.1 Å². The lowest BCUT2D eigenvalue weighted by Gasteiger charge is -2.14. The fraction of sp³-hybridized carbons (Fsp3) is 0.429. The third-order valence-electron chi connectivity index (χ3n) is 4.10. The smallest absolute Gasteiger partial charge is 0.191 e. The Balaban J connectivity index is 0.00000364. The van der Waals surface area contributed by atoms with Crippen LogP contribution in [0, 0.1) is 6.92 Å². The molecule has 1 heterocycles. The van der Waals surface area contributed by atoms with E-state index in [1.165, 1.54) is 5.56 Å². The van der Waals surface area contributed by atoms with Crippen molar-refractivity contribution in [3.05, 3.63) is 65.5 Å². The molecule has 2 aromatic rings. The zero-order chi connectivity index (χ0) is 18.6. The van der Waals surface area contributed by atoms with E-state index in [1.807, 2.05) is 30.5 Å². The predicted molar refractivity (Wildman–Crippen MR) is 123 cm³/mol. The Morgan fingerprint density at radius 3 is 2.63 bits per heavy atom. The number of benzene rings is 1. The lowest BCUT2D eigenvalue weighted by molar-refractivity contribution is 0.0646. The molecule has 0 aliphatic heterocycles. The number of halogens is 1. The van der Waals surface area contributed by atoms with Gasteiger partial charge in [-0.2, -0.15) is 0 Å². The van der Waals surface area contributed by atoms with Gasteiger partial charge < -0.3 is 15.4 Å². The molecule has 1 aromatic heterocycles. The van der Waals surface area contributed by atoms with E-state index in [2.05, 4.69) is 59.6 Å². The molecule has 6 heteroatoms. The van der Waals surface area contributed by atoms with E-state index in [0.29, 0.717) is 13.2 Å². The molecule has 27 heavy (non-hydrogen) atoms. The van der Waals surface area contributed by atoms with Crippen LogP contribution < -0.4 is 10.6 Å².